The number of hydrogen-bond donors (Lipinski definition) is 1. The fourth-order valence-electron chi connectivity index (χ4n) is 7.84. The number of rotatable bonds is 1. The third-order valence-electron chi connectivity index (χ3n) is 9.27. The highest BCUT2D eigenvalue weighted by molar-refractivity contribution is 5.78. The summed E-state index contributed by atoms with van der Waals surface area (Å²) in [4.78, 5) is 11.9. The maximum absolute atomic E-state index is 11.9. The molecule has 0 aromatic rings. The van der Waals surface area contributed by atoms with E-state index in [9.17, 15) is 9.90 Å². The number of ketones is 1. The summed E-state index contributed by atoms with van der Waals surface area (Å²) in [6.07, 6.45) is 12.2. The summed E-state index contributed by atoms with van der Waals surface area (Å²) in [5, 5.41) is 10.1. The Morgan fingerprint density at radius 3 is 2.50 bits per heavy atom. The van der Waals surface area contributed by atoms with Crippen LogP contribution in [0, 0.1) is 40.4 Å². The lowest BCUT2D eigenvalue weighted by Crippen LogP contribution is -2.55. The molecule has 136 valence electrons. The van der Waals surface area contributed by atoms with E-state index < -0.39 is 0 Å². The second-order valence-corrected chi connectivity index (χ2v) is 10.4. The van der Waals surface area contributed by atoms with Crippen LogP contribution in [-0.4, -0.2) is 17.0 Å². The van der Waals surface area contributed by atoms with Gasteiger partial charge in [-0.25, -0.2) is 0 Å². The van der Waals surface area contributed by atoms with E-state index in [-0.39, 0.29) is 6.10 Å². The number of carbonyl (C=O) groups is 1. The van der Waals surface area contributed by atoms with Crippen molar-refractivity contribution in [3.63, 3.8) is 0 Å². The van der Waals surface area contributed by atoms with E-state index in [1.165, 1.54) is 38.5 Å². The molecule has 0 aromatic carbocycles. The summed E-state index contributed by atoms with van der Waals surface area (Å²) < 4.78 is 0. The summed E-state index contributed by atoms with van der Waals surface area (Å²) in [6, 6.07) is 0. The zero-order valence-corrected chi connectivity index (χ0v) is 15.9. The molecule has 0 aromatic heterocycles. The van der Waals surface area contributed by atoms with Crippen LogP contribution in [0.25, 0.3) is 0 Å². The number of fused-ring (bicyclic) bond motifs is 5. The van der Waals surface area contributed by atoms with Gasteiger partial charge >= 0.3 is 0 Å². The molecule has 0 radical (unpaired) electrons. The normalized spacial score (nSPS) is 54.3. The SMILES string of the molecule is CC(=O)[C@@H]1CC[C@H]2[C@@H]3CC[C@H]4C[C@@H](O)CC[C@]4(C)[C@H]3CC[C@]2(C)C1. The molecule has 0 heterocycles. The fraction of sp³-hybridized carbons (Fsp3) is 0.955. The minimum Gasteiger partial charge on any atom is -0.393 e. The summed E-state index contributed by atoms with van der Waals surface area (Å²) in [6.45, 7) is 6.87. The second-order valence-electron chi connectivity index (χ2n) is 10.4. The zero-order chi connectivity index (χ0) is 17.1. The smallest absolute Gasteiger partial charge is 0.132 e. The Hall–Kier alpha value is -0.370. The van der Waals surface area contributed by atoms with E-state index in [4.69, 9.17) is 0 Å². The van der Waals surface area contributed by atoms with Crippen molar-refractivity contribution in [2.24, 2.45) is 40.4 Å². The molecule has 24 heavy (non-hydrogen) atoms. The quantitative estimate of drug-likeness (QED) is 0.735. The van der Waals surface area contributed by atoms with E-state index in [1.54, 1.807) is 6.92 Å². The Morgan fingerprint density at radius 1 is 0.958 bits per heavy atom. The summed E-state index contributed by atoms with van der Waals surface area (Å²) >= 11 is 0. The Balaban J connectivity index is 1.57. The minimum absolute atomic E-state index is 0.0421. The highest BCUT2D eigenvalue weighted by Crippen LogP contribution is 2.65. The largest absolute Gasteiger partial charge is 0.393 e. The van der Waals surface area contributed by atoms with Gasteiger partial charge in [-0.05, 0) is 106 Å². The maximum atomic E-state index is 11.9. The molecule has 4 rings (SSSR count). The molecule has 0 spiro atoms. The van der Waals surface area contributed by atoms with Crippen LogP contribution in [0.2, 0.25) is 0 Å². The van der Waals surface area contributed by atoms with Gasteiger partial charge in [0.15, 0.2) is 0 Å². The van der Waals surface area contributed by atoms with Crippen molar-refractivity contribution in [1.82, 2.24) is 0 Å². The van der Waals surface area contributed by atoms with Crippen LogP contribution in [0.5, 0.6) is 0 Å². The van der Waals surface area contributed by atoms with Gasteiger partial charge in [-0.3, -0.25) is 4.79 Å². The molecule has 0 amide bonds. The van der Waals surface area contributed by atoms with Crippen molar-refractivity contribution in [3.8, 4) is 0 Å². The van der Waals surface area contributed by atoms with Gasteiger partial charge in [0.25, 0.3) is 0 Å². The highest BCUT2D eigenvalue weighted by atomic mass is 16.3. The molecular weight excluding hydrogens is 296 g/mol. The number of aliphatic hydroxyl groups excluding tert-OH is 1. The van der Waals surface area contributed by atoms with Crippen molar-refractivity contribution in [2.45, 2.75) is 91.1 Å². The van der Waals surface area contributed by atoms with Gasteiger partial charge in [0, 0.05) is 5.92 Å². The number of hydrogen-bond acceptors (Lipinski definition) is 2. The van der Waals surface area contributed by atoms with Crippen LogP contribution in [-0.2, 0) is 4.79 Å². The lowest BCUT2D eigenvalue weighted by Gasteiger charge is -2.63. The minimum atomic E-state index is -0.0421. The molecule has 0 unspecified atom stereocenters. The molecule has 4 fully saturated rings. The molecule has 4 aliphatic carbocycles. The van der Waals surface area contributed by atoms with E-state index >= 15 is 0 Å². The van der Waals surface area contributed by atoms with E-state index in [1.807, 2.05) is 0 Å². The van der Waals surface area contributed by atoms with Crippen LogP contribution in [0.3, 0.4) is 0 Å². The molecule has 0 aliphatic heterocycles. The van der Waals surface area contributed by atoms with Crippen LogP contribution in [0.1, 0.15) is 85.0 Å². The van der Waals surface area contributed by atoms with Gasteiger partial charge in [-0.15, -0.1) is 0 Å². The van der Waals surface area contributed by atoms with Gasteiger partial charge in [0.05, 0.1) is 6.10 Å². The van der Waals surface area contributed by atoms with Crippen molar-refractivity contribution in [2.75, 3.05) is 0 Å². The average molecular weight is 333 g/mol. The number of aliphatic hydroxyl groups is 1. The van der Waals surface area contributed by atoms with Gasteiger partial charge in [-0.1, -0.05) is 13.8 Å². The van der Waals surface area contributed by atoms with Crippen LogP contribution in [0.4, 0.5) is 0 Å². The maximum Gasteiger partial charge on any atom is 0.132 e. The average Bonchev–Trinajstić information content (AvgIpc) is 2.54. The molecule has 4 aliphatic rings. The summed E-state index contributed by atoms with van der Waals surface area (Å²) in [5.41, 5.74) is 0.883. The van der Waals surface area contributed by atoms with Crippen LogP contribution in [0.15, 0.2) is 0 Å². The zero-order valence-electron chi connectivity index (χ0n) is 15.9. The fourth-order valence-corrected chi connectivity index (χ4v) is 7.84. The van der Waals surface area contributed by atoms with E-state index in [0.29, 0.717) is 22.5 Å². The molecular formula is C22H36O2. The first-order chi connectivity index (χ1) is 11.3. The third kappa shape index (κ3) is 2.50. The second kappa shape index (κ2) is 5.83. The van der Waals surface area contributed by atoms with Gasteiger partial charge in [0.1, 0.15) is 5.78 Å². The molecule has 2 heteroatoms. The Labute approximate surface area is 147 Å². The topological polar surface area (TPSA) is 37.3 Å². The lowest BCUT2D eigenvalue weighted by atomic mass is 9.42. The van der Waals surface area contributed by atoms with Crippen LogP contribution >= 0.6 is 0 Å². The predicted molar refractivity (Wildman–Crippen MR) is 96.5 cm³/mol. The van der Waals surface area contributed by atoms with Crippen molar-refractivity contribution < 1.29 is 9.90 Å². The molecule has 0 bridgehead atoms. The Morgan fingerprint density at radius 2 is 1.75 bits per heavy atom. The predicted octanol–water partition coefficient (Wildman–Crippen LogP) is 4.99. The third-order valence-corrected chi connectivity index (χ3v) is 9.27. The number of Topliss-reactive ketones (excluding diaryl/α,β-unsaturated/α-hetero) is 1. The standard InChI is InChI=1S/C22H36O2/c1-14(23)15-4-7-19-18-6-5-16-12-17(24)8-11-22(16,3)20(18)9-10-21(19,2)13-15/h15-20,24H,4-13H2,1-3H3/t15-,16+,17+,18+,19+,20+,21-,22+/m1/s1. The molecule has 4 saturated carbocycles. The first-order valence-corrected chi connectivity index (χ1v) is 10.5. The lowest BCUT2D eigenvalue weighted by molar-refractivity contribution is -0.147. The monoisotopic (exact) mass is 332 g/mol. The van der Waals surface area contributed by atoms with Crippen molar-refractivity contribution in [1.29, 1.82) is 0 Å². The summed E-state index contributed by atoms with van der Waals surface area (Å²) in [7, 11) is 0. The van der Waals surface area contributed by atoms with E-state index in [2.05, 4.69) is 13.8 Å². The van der Waals surface area contributed by atoms with Gasteiger partial charge in [0.2, 0.25) is 0 Å². The molecule has 0 saturated heterocycles. The Kier molecular flexibility index (Phi) is 4.14. The van der Waals surface area contributed by atoms with E-state index in [0.717, 1.165) is 49.4 Å². The first kappa shape index (κ1) is 17.1. The molecule has 2 nitrogen and oxygen atoms in total. The van der Waals surface area contributed by atoms with Crippen LogP contribution < -0.4 is 0 Å². The first-order valence-electron chi connectivity index (χ1n) is 10.5. The van der Waals surface area contributed by atoms with Crippen molar-refractivity contribution in [3.05, 3.63) is 0 Å². The number of carbonyl (C=O) groups excluding carboxylic acids is 1. The molecule has 8 atom stereocenters. The van der Waals surface area contributed by atoms with Gasteiger partial charge < -0.3 is 5.11 Å². The highest BCUT2D eigenvalue weighted by Gasteiger charge is 2.57. The van der Waals surface area contributed by atoms with Crippen molar-refractivity contribution >= 4 is 5.78 Å². The summed E-state index contributed by atoms with van der Waals surface area (Å²) in [5.74, 6) is 4.11. The van der Waals surface area contributed by atoms with Gasteiger partial charge in [-0.2, -0.15) is 0 Å². The molecule has 1 N–H and O–H groups in total. The Bertz CT molecular complexity index is 514.